The van der Waals surface area contributed by atoms with Crippen molar-refractivity contribution in [1.29, 1.82) is 0 Å². The molecule has 4 amide bonds. The van der Waals surface area contributed by atoms with Gasteiger partial charge in [-0.05, 0) is 6.92 Å². The molecule has 9 aliphatic rings. The Morgan fingerprint density at radius 2 is 0.631 bits per heavy atom. The Morgan fingerprint density at radius 1 is 0.303 bits per heavy atom. The summed E-state index contributed by atoms with van der Waals surface area (Å²) in [6, 6.07) is -7.76. The summed E-state index contributed by atoms with van der Waals surface area (Å²) in [7, 11) is 0. The van der Waals surface area contributed by atoms with Gasteiger partial charge in [-0.1, -0.05) is 0 Å². The van der Waals surface area contributed by atoms with Gasteiger partial charge in [0.25, 0.3) is 0 Å². The molecule has 9 saturated heterocycles. The molecule has 54 nitrogen and oxygen atoms in total. The number of aliphatic hydroxyl groups is 28. The molecule has 0 aromatic carbocycles. The van der Waals surface area contributed by atoms with Crippen molar-refractivity contribution in [3.8, 4) is 0 Å². The number of carbonyl (C=O) groups excluding carboxylic acids is 4. The molecule has 54 heteroatoms. The van der Waals surface area contributed by atoms with E-state index in [1.807, 2.05) is 0 Å². The molecule has 0 unspecified atom stereocenters. The Balaban J connectivity index is 1.07. The van der Waals surface area contributed by atoms with E-state index in [2.05, 4.69) is 21.3 Å². The first kappa shape index (κ1) is 102. The summed E-state index contributed by atoms with van der Waals surface area (Å²) in [4.78, 5) is 51.5. The van der Waals surface area contributed by atoms with Crippen molar-refractivity contribution in [2.45, 2.75) is 335 Å². The van der Waals surface area contributed by atoms with Crippen molar-refractivity contribution >= 4 is 23.6 Å². The molecule has 9 fully saturated rings. The number of amides is 4. The molecule has 0 spiro atoms. The molecular formula is C68H116N4O50. The summed E-state index contributed by atoms with van der Waals surface area (Å²) in [5.41, 5.74) is 0. The lowest BCUT2D eigenvalue weighted by atomic mass is 9.94. The average Bonchev–Trinajstić information content (AvgIpc) is 0.766. The second-order valence-corrected chi connectivity index (χ2v) is 30.8. The van der Waals surface area contributed by atoms with Crippen LogP contribution in [0.15, 0.2) is 0 Å². The molecule has 32 N–H and O–H groups in total. The molecule has 708 valence electrons. The van der Waals surface area contributed by atoms with E-state index in [9.17, 15) is 162 Å². The summed E-state index contributed by atoms with van der Waals surface area (Å²) in [6.45, 7) is -6.33. The smallest absolute Gasteiger partial charge is 0.217 e. The van der Waals surface area contributed by atoms with E-state index >= 15 is 0 Å². The number of hydrogen-bond donors (Lipinski definition) is 32. The SMILES string of the molecule is CC(=O)N[C@H]1[C@H](O[C@@H]([C@H](O)[C@H](CO)NC(C)=O)[C@H](O)CO[C@@H]2O[C@@H](C)[C@@H](O)[C@@H](O)[C@@H]2O)O[C@H](CO)[C@@H](O[C@@H]2O[C@H](CO[C@H]3O[C@H](CO)[C@@H](O)[C@H](O)[C@@H]3O[C@@H]3O[C@H](CO)[C@@H](O[C@@H]4O[C@H](CO)[C@H](O)[C@H](O)[C@H]4O)[C@H](O)[C@H]3NC(C)=O)[C@@H](O)[C@H](O[C@H]3O[C@H](CO)[C@@H](O)[C@H](O)[C@@H]3O[C@@H]3O[C@H](CO)[C@@H](O[C@@H]4O[C@H](CO)[C@H](O)[C@H](O)[C@H]4O)[C@H](O)[C@H]3NC(C)=O)[C@@H]2O)[C@@H]1O. The highest BCUT2D eigenvalue weighted by Crippen LogP contribution is 2.40. The van der Waals surface area contributed by atoms with Crippen LogP contribution in [0, 0.1) is 0 Å². The van der Waals surface area contributed by atoms with Gasteiger partial charge in [-0.25, -0.2) is 0 Å². The summed E-state index contributed by atoms with van der Waals surface area (Å²) in [6.07, 6.45) is -94.8. The zero-order valence-electron chi connectivity index (χ0n) is 65.9. The topological polar surface area (TPSA) is 849 Å². The van der Waals surface area contributed by atoms with Gasteiger partial charge in [0, 0.05) is 27.7 Å². The molecule has 9 aliphatic heterocycles. The van der Waals surface area contributed by atoms with E-state index in [4.69, 9.17) is 85.3 Å². The first-order valence-corrected chi connectivity index (χ1v) is 38.9. The molecule has 9 rings (SSSR count). The summed E-state index contributed by atoms with van der Waals surface area (Å²) < 4.78 is 106. The average molecular weight is 1790 g/mol. The highest BCUT2D eigenvalue weighted by atomic mass is 16.8. The fourth-order valence-corrected chi connectivity index (χ4v) is 15.4. The van der Waals surface area contributed by atoms with Gasteiger partial charge in [0.15, 0.2) is 56.6 Å². The highest BCUT2D eigenvalue weighted by molar-refractivity contribution is 5.74. The molecule has 49 atom stereocenters. The lowest BCUT2D eigenvalue weighted by Gasteiger charge is -2.51. The van der Waals surface area contributed by atoms with Crippen LogP contribution in [0.1, 0.15) is 34.6 Å². The quantitative estimate of drug-likeness (QED) is 0.0280. The number of aliphatic hydroxyl groups excluding tert-OH is 28. The van der Waals surface area contributed by atoms with Crippen LogP contribution in [0.2, 0.25) is 0 Å². The minimum Gasteiger partial charge on any atom is -0.394 e. The van der Waals surface area contributed by atoms with Crippen molar-refractivity contribution < 1.29 is 247 Å². The largest absolute Gasteiger partial charge is 0.394 e. The normalized spacial score (nSPS) is 47.0. The minimum atomic E-state index is -2.65. The maximum absolute atomic E-state index is 13.2. The van der Waals surface area contributed by atoms with Gasteiger partial charge in [-0.2, -0.15) is 0 Å². The number of ether oxygens (including phenoxy) is 18. The van der Waals surface area contributed by atoms with Crippen LogP contribution < -0.4 is 21.3 Å². The lowest BCUT2D eigenvalue weighted by molar-refractivity contribution is -0.398. The second-order valence-electron chi connectivity index (χ2n) is 30.8. The van der Waals surface area contributed by atoms with Crippen LogP contribution in [0.5, 0.6) is 0 Å². The zero-order chi connectivity index (χ0) is 90.2. The fraction of sp³-hybridized carbons (Fsp3) is 0.941. The second kappa shape index (κ2) is 45.0. The van der Waals surface area contributed by atoms with E-state index in [0.29, 0.717) is 0 Å². The van der Waals surface area contributed by atoms with Crippen LogP contribution >= 0.6 is 0 Å². The molecule has 0 bridgehead atoms. The monoisotopic (exact) mass is 1790 g/mol. The lowest BCUT2D eigenvalue weighted by Crippen LogP contribution is -2.70. The first-order chi connectivity index (χ1) is 57.6. The van der Waals surface area contributed by atoms with Gasteiger partial charge in [-0.15, -0.1) is 0 Å². The van der Waals surface area contributed by atoms with Gasteiger partial charge in [-0.3, -0.25) is 19.2 Å². The first-order valence-electron chi connectivity index (χ1n) is 38.9. The Morgan fingerprint density at radius 3 is 1.03 bits per heavy atom. The summed E-state index contributed by atoms with van der Waals surface area (Å²) in [5, 5.41) is 321. The zero-order valence-corrected chi connectivity index (χ0v) is 65.9. The summed E-state index contributed by atoms with van der Waals surface area (Å²) in [5.74, 6) is -3.84. The van der Waals surface area contributed by atoms with Crippen molar-refractivity contribution in [2.24, 2.45) is 0 Å². The number of nitrogens with one attached hydrogen (secondary N) is 4. The van der Waals surface area contributed by atoms with Crippen molar-refractivity contribution in [1.82, 2.24) is 21.3 Å². The van der Waals surface area contributed by atoms with E-state index in [-0.39, 0.29) is 0 Å². The Kier molecular flexibility index (Phi) is 37.6. The maximum Gasteiger partial charge on any atom is 0.217 e. The minimum absolute atomic E-state index is 0.871. The molecule has 122 heavy (non-hydrogen) atoms. The van der Waals surface area contributed by atoms with Crippen LogP contribution in [0.3, 0.4) is 0 Å². The summed E-state index contributed by atoms with van der Waals surface area (Å²) >= 11 is 0. The Hall–Kier alpha value is -3.96. The Bertz CT molecular complexity index is 3230. The predicted molar refractivity (Wildman–Crippen MR) is 377 cm³/mol. The third kappa shape index (κ3) is 23.1. The van der Waals surface area contributed by atoms with Crippen molar-refractivity contribution in [3.63, 3.8) is 0 Å². The molecule has 0 radical (unpaired) electrons. The highest BCUT2D eigenvalue weighted by Gasteiger charge is 2.61. The standard InChI is InChI=1S/C68H116N4O50/c1-16-34(86)44(96)49(101)63(107-16)105-14-22(85)53(35(87)21(6-73)69-17(2)81)116-60-31(70-18(3)82)41(93)56(29(13-80)112-60)119-66-52(104)57(120-68-59(48(100)39(91)26(10-77)111-68)122-62-33(72-20(5)84)43(95)55(28(12-79)114-62)118-65-51(103)46(98)37(89)24(8-75)109-65)40(92)30(115-66)15-106-67-58(47(99)38(90)25(9-76)110-67)121-61-32(71-19(4)83)42(94)54(27(11-78)113-61)117-64-50(102)45(97)36(88)23(7-74)108-64/h16,21-68,73-80,85-104H,6-15H2,1-5H3,(H,69,81)(H,70,82)(H,71,83)(H,72,84)/t16-,21-,22+,23+,24+,25+,26+,27+,28+,29+,30+,31+,32+,33+,34+,35+,36-,37-,38+,39+,40+,41+,42+,43+,44+,45-,46-,47-,48-,49-,50+,51+,52-,53+,54+,55+,56+,57-,58-,59-,60-,61-,62-,63+,64-,65-,66-,67-,68+/m0/s1. The Labute approximate surface area is 691 Å². The van der Waals surface area contributed by atoms with Gasteiger partial charge in [0.1, 0.15) is 232 Å². The van der Waals surface area contributed by atoms with E-state index in [1.54, 1.807) is 0 Å². The van der Waals surface area contributed by atoms with E-state index < -0.39 is 390 Å². The van der Waals surface area contributed by atoms with E-state index in [1.165, 1.54) is 6.92 Å². The van der Waals surface area contributed by atoms with Crippen molar-refractivity contribution in [3.05, 3.63) is 0 Å². The third-order valence-electron chi connectivity index (χ3n) is 22.1. The number of rotatable bonds is 35. The number of carbonyl (C=O) groups is 4. The number of hydrogen-bond acceptors (Lipinski definition) is 50. The molecule has 9 heterocycles. The molecule has 0 aromatic rings. The third-order valence-corrected chi connectivity index (χ3v) is 22.1. The molecule has 0 saturated carbocycles. The van der Waals surface area contributed by atoms with Crippen LogP contribution in [0.4, 0.5) is 0 Å². The van der Waals surface area contributed by atoms with E-state index in [0.717, 1.165) is 27.7 Å². The van der Waals surface area contributed by atoms with Gasteiger partial charge >= 0.3 is 0 Å². The van der Waals surface area contributed by atoms with Crippen molar-refractivity contribution in [2.75, 3.05) is 66.1 Å². The van der Waals surface area contributed by atoms with Crippen LogP contribution in [-0.4, -0.2) is 533 Å². The van der Waals surface area contributed by atoms with Crippen LogP contribution in [0.25, 0.3) is 0 Å². The van der Waals surface area contributed by atoms with Gasteiger partial charge in [0.2, 0.25) is 23.6 Å². The molecule has 0 aliphatic carbocycles. The molecule has 0 aromatic heterocycles. The fourth-order valence-electron chi connectivity index (χ4n) is 15.4. The van der Waals surface area contributed by atoms with Crippen LogP contribution in [-0.2, 0) is 104 Å². The van der Waals surface area contributed by atoms with Gasteiger partial charge in [0.05, 0.1) is 78.2 Å². The molecular weight excluding hydrogens is 1670 g/mol. The maximum atomic E-state index is 13.2. The van der Waals surface area contributed by atoms with Gasteiger partial charge < -0.3 is 250 Å². The predicted octanol–water partition coefficient (Wildman–Crippen LogP) is -21.6.